The molecule has 1 aliphatic rings. The third kappa shape index (κ3) is 2.28. The maximum absolute atomic E-state index is 12.0. The number of hydrogen-bond donors (Lipinski definition) is 2. The highest BCUT2D eigenvalue weighted by Gasteiger charge is 2.35. The number of phenolic OH excluding ortho intramolecular Hbond substituents is 1. The Kier molecular flexibility index (Phi) is 3.04. The summed E-state index contributed by atoms with van der Waals surface area (Å²) in [5.41, 5.74) is 1.84. The summed E-state index contributed by atoms with van der Waals surface area (Å²) in [6.45, 7) is -0.358. The number of benzene rings is 2. The lowest BCUT2D eigenvalue weighted by Crippen LogP contribution is -2.29. The highest BCUT2D eigenvalue weighted by Crippen LogP contribution is 2.36. The molecule has 0 radical (unpaired) electrons. The van der Waals surface area contributed by atoms with E-state index < -0.39 is 16.1 Å². The van der Waals surface area contributed by atoms with Gasteiger partial charge in [0.1, 0.15) is 12.3 Å². The van der Waals surface area contributed by atoms with E-state index in [0.717, 1.165) is 26.2 Å². The molecular weight excluding hydrogens is 332 g/mol. The van der Waals surface area contributed by atoms with Gasteiger partial charge in [0.2, 0.25) is 0 Å². The van der Waals surface area contributed by atoms with Crippen LogP contribution in [0.2, 0.25) is 0 Å². The van der Waals surface area contributed by atoms with Crippen molar-refractivity contribution in [1.29, 1.82) is 0 Å². The Hall–Kier alpha value is -3.00. The van der Waals surface area contributed by atoms with E-state index in [2.05, 4.69) is 0 Å². The first-order valence-electron chi connectivity index (χ1n) is 7.07. The summed E-state index contributed by atoms with van der Waals surface area (Å²) in [6.07, 6.45) is 3.17. The highest BCUT2D eigenvalue weighted by molar-refractivity contribution is 7.92. The molecule has 0 spiro atoms. The average molecular weight is 344 g/mol. The van der Waals surface area contributed by atoms with Crippen LogP contribution in [0.5, 0.6) is 5.75 Å². The van der Waals surface area contributed by atoms with Crippen molar-refractivity contribution >= 4 is 32.6 Å². The van der Waals surface area contributed by atoms with E-state index in [1.165, 1.54) is 6.07 Å². The Bertz CT molecular complexity index is 1060. The molecule has 8 heteroatoms. The maximum Gasteiger partial charge on any atom is 0.326 e. The maximum atomic E-state index is 12.0. The van der Waals surface area contributed by atoms with Crippen LogP contribution in [0.3, 0.4) is 0 Å². The molecule has 0 bridgehead atoms. The number of amides is 1. The van der Waals surface area contributed by atoms with Gasteiger partial charge in [0.05, 0.1) is 18.2 Å². The van der Waals surface area contributed by atoms with Crippen molar-refractivity contribution in [2.24, 2.45) is 0 Å². The summed E-state index contributed by atoms with van der Waals surface area (Å²) >= 11 is 0. The van der Waals surface area contributed by atoms with Crippen LogP contribution in [0.1, 0.15) is 0 Å². The van der Waals surface area contributed by atoms with Crippen molar-refractivity contribution in [2.45, 2.75) is 0 Å². The van der Waals surface area contributed by atoms with Crippen molar-refractivity contribution in [3.8, 4) is 16.9 Å². The largest absolute Gasteiger partial charge is 0.506 e. The number of aromatic hydroxyl groups is 1. The zero-order valence-corrected chi connectivity index (χ0v) is 13.1. The number of furan rings is 1. The van der Waals surface area contributed by atoms with Gasteiger partial charge < -0.3 is 9.52 Å². The Morgan fingerprint density at radius 2 is 1.92 bits per heavy atom. The summed E-state index contributed by atoms with van der Waals surface area (Å²) in [4.78, 5) is 11.4. The van der Waals surface area contributed by atoms with E-state index in [4.69, 9.17) is 4.42 Å². The van der Waals surface area contributed by atoms with Crippen molar-refractivity contribution < 1.29 is 22.7 Å². The first kappa shape index (κ1) is 14.6. The van der Waals surface area contributed by atoms with Gasteiger partial charge in [-0.3, -0.25) is 4.79 Å². The zero-order chi connectivity index (χ0) is 16.9. The van der Waals surface area contributed by atoms with Gasteiger partial charge >= 0.3 is 10.2 Å². The number of nitrogens with one attached hydrogen (secondary N) is 1. The molecule has 7 nitrogen and oxygen atoms in total. The van der Waals surface area contributed by atoms with E-state index in [1.54, 1.807) is 18.6 Å². The standard InChI is InChI=1S/C16H12N2O5S/c19-15-7-11-2-1-10(12-3-4-23-9-12)5-13(11)6-14(15)18-8-16(20)17-24(18,21)22/h1-7,9,19H,8H2,(H,17,20). The fraction of sp³-hybridized carbons (Fsp3) is 0.0625. The molecule has 4 rings (SSSR count). The lowest BCUT2D eigenvalue weighted by atomic mass is 10.0. The minimum Gasteiger partial charge on any atom is -0.506 e. The van der Waals surface area contributed by atoms with Gasteiger partial charge in [0, 0.05) is 5.56 Å². The molecular formula is C16H12N2O5S. The van der Waals surface area contributed by atoms with Gasteiger partial charge in [-0.25, -0.2) is 9.03 Å². The van der Waals surface area contributed by atoms with Crippen molar-refractivity contribution in [2.75, 3.05) is 10.8 Å². The summed E-state index contributed by atoms with van der Waals surface area (Å²) in [7, 11) is -3.98. The first-order valence-corrected chi connectivity index (χ1v) is 8.51. The number of hydrogen-bond acceptors (Lipinski definition) is 5. The molecule has 0 atom stereocenters. The molecule has 1 aromatic heterocycles. The van der Waals surface area contributed by atoms with E-state index in [9.17, 15) is 18.3 Å². The number of carbonyl (C=O) groups is 1. The van der Waals surface area contributed by atoms with E-state index in [-0.39, 0.29) is 18.0 Å². The second-order valence-electron chi connectivity index (χ2n) is 5.45. The van der Waals surface area contributed by atoms with Crippen LogP contribution >= 0.6 is 0 Å². The molecule has 24 heavy (non-hydrogen) atoms. The van der Waals surface area contributed by atoms with Crippen LogP contribution in [-0.2, 0) is 15.0 Å². The van der Waals surface area contributed by atoms with Crippen LogP contribution in [0.4, 0.5) is 5.69 Å². The van der Waals surface area contributed by atoms with Gasteiger partial charge in [0.15, 0.2) is 0 Å². The number of nitrogens with zero attached hydrogens (tertiary/aromatic N) is 1. The lowest BCUT2D eigenvalue weighted by Gasteiger charge is -2.17. The zero-order valence-electron chi connectivity index (χ0n) is 12.3. The molecule has 0 saturated carbocycles. The van der Waals surface area contributed by atoms with Crippen LogP contribution in [0.25, 0.3) is 21.9 Å². The number of rotatable bonds is 2. The van der Waals surface area contributed by atoms with Crippen LogP contribution in [-0.4, -0.2) is 26.0 Å². The Labute approximate surface area is 137 Å². The van der Waals surface area contributed by atoms with Gasteiger partial charge in [0.25, 0.3) is 5.91 Å². The Balaban J connectivity index is 1.88. The molecule has 1 fully saturated rings. The number of anilines is 1. The molecule has 2 aromatic carbocycles. The number of phenols is 1. The van der Waals surface area contributed by atoms with Gasteiger partial charge in [-0.2, -0.15) is 8.42 Å². The minimum atomic E-state index is -3.98. The normalized spacial score (nSPS) is 16.5. The Morgan fingerprint density at radius 3 is 2.58 bits per heavy atom. The molecule has 1 amide bonds. The van der Waals surface area contributed by atoms with Crippen molar-refractivity contribution in [3.05, 3.63) is 48.9 Å². The number of carbonyl (C=O) groups excluding carboxylic acids is 1. The minimum absolute atomic E-state index is 0.0604. The van der Waals surface area contributed by atoms with E-state index >= 15 is 0 Å². The first-order chi connectivity index (χ1) is 11.4. The quantitative estimate of drug-likeness (QED) is 0.740. The summed E-state index contributed by atoms with van der Waals surface area (Å²) in [6, 6.07) is 10.4. The van der Waals surface area contributed by atoms with E-state index in [0.29, 0.717) is 0 Å². The molecule has 2 N–H and O–H groups in total. The fourth-order valence-electron chi connectivity index (χ4n) is 2.74. The number of fused-ring (bicyclic) bond motifs is 1. The smallest absolute Gasteiger partial charge is 0.326 e. The van der Waals surface area contributed by atoms with Gasteiger partial charge in [-0.15, -0.1) is 0 Å². The Morgan fingerprint density at radius 1 is 1.08 bits per heavy atom. The second kappa shape index (κ2) is 5.00. The lowest BCUT2D eigenvalue weighted by molar-refractivity contribution is -0.117. The molecule has 3 aromatic rings. The third-order valence-electron chi connectivity index (χ3n) is 3.88. The van der Waals surface area contributed by atoms with Crippen molar-refractivity contribution in [1.82, 2.24) is 4.72 Å². The SMILES string of the molecule is O=C1CN(c2cc3cc(-c4ccoc4)ccc3cc2O)S(=O)(=O)N1. The second-order valence-corrected chi connectivity index (χ2v) is 7.05. The van der Waals surface area contributed by atoms with E-state index in [1.807, 2.05) is 29.0 Å². The summed E-state index contributed by atoms with van der Waals surface area (Å²) in [5, 5.41) is 11.7. The predicted molar refractivity (Wildman–Crippen MR) is 87.7 cm³/mol. The predicted octanol–water partition coefficient (Wildman–Crippen LogP) is 1.99. The van der Waals surface area contributed by atoms with Crippen LogP contribution < -0.4 is 9.03 Å². The summed E-state index contributed by atoms with van der Waals surface area (Å²) in [5.74, 6) is -0.847. The molecule has 122 valence electrons. The molecule has 0 aliphatic carbocycles. The van der Waals surface area contributed by atoms with Gasteiger partial charge in [-0.05, 0) is 40.6 Å². The molecule has 2 heterocycles. The highest BCUT2D eigenvalue weighted by atomic mass is 32.2. The monoisotopic (exact) mass is 344 g/mol. The average Bonchev–Trinajstić information content (AvgIpc) is 3.13. The van der Waals surface area contributed by atoms with Crippen LogP contribution in [0, 0.1) is 0 Å². The summed E-state index contributed by atoms with van der Waals surface area (Å²) < 4.78 is 31.8. The fourth-order valence-corrected chi connectivity index (χ4v) is 3.90. The molecule has 1 aliphatic heterocycles. The van der Waals surface area contributed by atoms with Crippen LogP contribution in [0.15, 0.2) is 53.3 Å². The van der Waals surface area contributed by atoms with Crippen molar-refractivity contribution in [3.63, 3.8) is 0 Å². The van der Waals surface area contributed by atoms with Gasteiger partial charge in [-0.1, -0.05) is 12.1 Å². The molecule has 1 saturated heterocycles. The topological polar surface area (TPSA) is 99.8 Å². The third-order valence-corrected chi connectivity index (χ3v) is 5.27. The molecule has 0 unspecified atom stereocenters.